The number of para-hydroxylation sites is 2. The first-order valence-corrected chi connectivity index (χ1v) is 7.47. The molecule has 2 fully saturated rings. The second kappa shape index (κ2) is 4.73. The minimum atomic E-state index is -0.384. The van der Waals surface area contributed by atoms with Gasteiger partial charge in [0.25, 0.3) is 0 Å². The molecule has 0 radical (unpaired) electrons. The number of carbonyl (C=O) groups excluding carboxylic acids is 1. The predicted octanol–water partition coefficient (Wildman–Crippen LogP) is 1.17. The Bertz CT molecular complexity index is 735. The third kappa shape index (κ3) is 2.15. The molecule has 1 unspecified atom stereocenters. The molecule has 2 bridgehead atoms. The number of rotatable bonds is 1. The van der Waals surface area contributed by atoms with Crippen LogP contribution in [0.15, 0.2) is 29.1 Å². The molecule has 0 saturated carbocycles. The lowest BCUT2D eigenvalue weighted by Crippen LogP contribution is -2.49. The predicted molar refractivity (Wildman–Crippen MR) is 79.5 cm³/mol. The van der Waals surface area contributed by atoms with Gasteiger partial charge in [0.15, 0.2) is 0 Å². The minimum absolute atomic E-state index is 0.150. The van der Waals surface area contributed by atoms with Crippen LogP contribution in [-0.2, 0) is 0 Å². The molecule has 6 heteroatoms. The van der Waals surface area contributed by atoms with Gasteiger partial charge in [-0.05, 0) is 37.8 Å². The van der Waals surface area contributed by atoms with E-state index in [0.717, 1.165) is 12.8 Å². The molecule has 21 heavy (non-hydrogen) atoms. The molecule has 3 atom stereocenters. The molecule has 2 saturated heterocycles. The number of hydrogen-bond donors (Lipinski definition) is 3. The van der Waals surface area contributed by atoms with Gasteiger partial charge < -0.3 is 15.6 Å². The van der Waals surface area contributed by atoms with Crippen molar-refractivity contribution in [2.24, 2.45) is 0 Å². The Balaban J connectivity index is 1.59. The summed E-state index contributed by atoms with van der Waals surface area (Å²) in [6.45, 7) is 0. The Labute approximate surface area is 121 Å². The minimum Gasteiger partial charge on any atom is -0.334 e. The summed E-state index contributed by atoms with van der Waals surface area (Å²) in [5.74, 6) is 0. The van der Waals surface area contributed by atoms with E-state index in [-0.39, 0.29) is 17.8 Å². The molecular weight excluding hydrogens is 268 g/mol. The van der Waals surface area contributed by atoms with Crippen LogP contribution in [0, 0.1) is 0 Å². The van der Waals surface area contributed by atoms with Gasteiger partial charge in [-0.15, -0.1) is 0 Å². The summed E-state index contributed by atoms with van der Waals surface area (Å²) in [5.41, 5.74) is 0.922. The van der Waals surface area contributed by atoms with Crippen molar-refractivity contribution in [3.8, 4) is 0 Å². The second-order valence-electron chi connectivity index (χ2n) is 6.04. The number of H-pyrrole nitrogens is 1. The van der Waals surface area contributed by atoms with Crippen molar-refractivity contribution in [1.29, 1.82) is 0 Å². The summed E-state index contributed by atoms with van der Waals surface area (Å²) in [7, 11) is 0. The monoisotopic (exact) mass is 286 g/mol. The first kappa shape index (κ1) is 12.6. The fourth-order valence-electron chi connectivity index (χ4n) is 3.67. The molecule has 3 heterocycles. The third-order valence-electron chi connectivity index (χ3n) is 4.59. The molecule has 3 N–H and O–H groups in total. The average Bonchev–Trinajstić information content (AvgIpc) is 2.97. The van der Waals surface area contributed by atoms with Gasteiger partial charge in [0.2, 0.25) is 0 Å². The number of aromatic nitrogens is 2. The number of carbonyl (C=O) groups is 1. The summed E-state index contributed by atoms with van der Waals surface area (Å²) in [5, 5.41) is 6.56. The van der Waals surface area contributed by atoms with Crippen LogP contribution in [0.1, 0.15) is 25.7 Å². The first-order valence-electron chi connectivity index (χ1n) is 7.47. The Morgan fingerprint density at radius 2 is 1.90 bits per heavy atom. The Kier molecular flexibility index (Phi) is 2.85. The molecule has 1 amide bonds. The fourth-order valence-corrected chi connectivity index (χ4v) is 3.67. The number of piperidine rings is 1. The molecule has 2 aliphatic rings. The lowest BCUT2D eigenvalue weighted by molar-refractivity contribution is 0.231. The van der Waals surface area contributed by atoms with E-state index >= 15 is 0 Å². The van der Waals surface area contributed by atoms with Gasteiger partial charge in [-0.25, -0.2) is 14.2 Å². The number of nitrogens with one attached hydrogen (secondary N) is 3. The summed E-state index contributed by atoms with van der Waals surface area (Å²) < 4.78 is 1.19. The molecule has 0 spiro atoms. The normalized spacial score (nSPS) is 27.9. The van der Waals surface area contributed by atoms with Crippen LogP contribution in [0.3, 0.4) is 0 Å². The molecule has 4 rings (SSSR count). The number of nitrogens with zero attached hydrogens (tertiary/aromatic N) is 1. The number of hydrogen-bond acceptors (Lipinski definition) is 3. The Morgan fingerprint density at radius 1 is 1.19 bits per heavy atom. The highest BCUT2D eigenvalue weighted by atomic mass is 16.2. The lowest BCUT2D eigenvalue weighted by Gasteiger charge is -2.29. The van der Waals surface area contributed by atoms with Gasteiger partial charge >= 0.3 is 11.7 Å². The first-order chi connectivity index (χ1) is 10.2. The van der Waals surface area contributed by atoms with E-state index < -0.39 is 0 Å². The van der Waals surface area contributed by atoms with Crippen molar-refractivity contribution in [1.82, 2.24) is 20.2 Å². The molecule has 2 aromatic rings. The van der Waals surface area contributed by atoms with E-state index in [1.807, 2.05) is 12.1 Å². The molecule has 2 aliphatic heterocycles. The van der Waals surface area contributed by atoms with Crippen LogP contribution in [-0.4, -0.2) is 33.7 Å². The lowest BCUT2D eigenvalue weighted by atomic mass is 10.0. The maximum absolute atomic E-state index is 12.5. The summed E-state index contributed by atoms with van der Waals surface area (Å²) in [4.78, 5) is 27.2. The van der Waals surface area contributed by atoms with E-state index in [4.69, 9.17) is 0 Å². The van der Waals surface area contributed by atoms with Crippen LogP contribution in [0.5, 0.6) is 0 Å². The quantitative estimate of drug-likeness (QED) is 0.736. The molecule has 110 valence electrons. The number of amides is 1. The molecular formula is C15H18N4O2. The van der Waals surface area contributed by atoms with Crippen LogP contribution in [0.4, 0.5) is 4.79 Å². The summed E-state index contributed by atoms with van der Waals surface area (Å²) in [6, 6.07) is 8.07. The van der Waals surface area contributed by atoms with E-state index in [0.29, 0.717) is 23.1 Å². The van der Waals surface area contributed by atoms with Crippen molar-refractivity contribution >= 4 is 17.1 Å². The largest absolute Gasteiger partial charge is 0.334 e. The summed E-state index contributed by atoms with van der Waals surface area (Å²) >= 11 is 0. The average molecular weight is 286 g/mol. The van der Waals surface area contributed by atoms with E-state index in [2.05, 4.69) is 15.6 Å². The summed E-state index contributed by atoms with van der Waals surface area (Å²) in [6.07, 6.45) is 4.26. The maximum atomic E-state index is 12.5. The zero-order valence-electron chi connectivity index (χ0n) is 11.6. The van der Waals surface area contributed by atoms with Gasteiger partial charge in [0.05, 0.1) is 11.0 Å². The van der Waals surface area contributed by atoms with Gasteiger partial charge in [-0.2, -0.15) is 0 Å². The van der Waals surface area contributed by atoms with Gasteiger partial charge in [0, 0.05) is 18.1 Å². The van der Waals surface area contributed by atoms with Crippen LogP contribution < -0.4 is 16.3 Å². The SMILES string of the molecule is O=C(NC1C[C@H]2CC[C@@H](C1)N2)n1c(=O)[nH]c2ccccc21. The molecule has 0 aliphatic carbocycles. The van der Waals surface area contributed by atoms with Crippen molar-refractivity contribution < 1.29 is 4.79 Å². The zero-order valence-corrected chi connectivity index (χ0v) is 11.6. The van der Waals surface area contributed by atoms with Crippen LogP contribution in [0.25, 0.3) is 11.0 Å². The topological polar surface area (TPSA) is 78.9 Å². The van der Waals surface area contributed by atoms with Gasteiger partial charge in [-0.1, -0.05) is 12.1 Å². The maximum Gasteiger partial charge on any atom is 0.334 e. The fraction of sp³-hybridized carbons (Fsp3) is 0.467. The number of benzene rings is 1. The number of aromatic amines is 1. The molecule has 6 nitrogen and oxygen atoms in total. The van der Waals surface area contributed by atoms with Gasteiger partial charge in [-0.3, -0.25) is 0 Å². The van der Waals surface area contributed by atoms with E-state index in [9.17, 15) is 9.59 Å². The van der Waals surface area contributed by atoms with E-state index in [1.54, 1.807) is 12.1 Å². The van der Waals surface area contributed by atoms with Crippen LogP contribution >= 0.6 is 0 Å². The van der Waals surface area contributed by atoms with Crippen LogP contribution in [0.2, 0.25) is 0 Å². The Hall–Kier alpha value is -2.08. The highest BCUT2D eigenvalue weighted by molar-refractivity contribution is 5.89. The number of imidazole rings is 1. The van der Waals surface area contributed by atoms with Crippen molar-refractivity contribution in [2.45, 2.75) is 43.8 Å². The smallest absolute Gasteiger partial charge is 0.334 e. The molecule has 1 aromatic heterocycles. The van der Waals surface area contributed by atoms with Crippen molar-refractivity contribution in [2.75, 3.05) is 0 Å². The molecule has 1 aromatic carbocycles. The third-order valence-corrected chi connectivity index (χ3v) is 4.59. The highest BCUT2D eigenvalue weighted by Crippen LogP contribution is 2.26. The Morgan fingerprint density at radius 3 is 2.67 bits per heavy atom. The van der Waals surface area contributed by atoms with E-state index in [1.165, 1.54) is 17.4 Å². The van der Waals surface area contributed by atoms with Crippen molar-refractivity contribution in [3.63, 3.8) is 0 Å². The van der Waals surface area contributed by atoms with Gasteiger partial charge in [0.1, 0.15) is 0 Å². The standard InChI is InChI=1S/C15H18N4O2/c20-14(17-11-7-9-5-6-10(8-11)16-9)19-13-4-2-1-3-12(13)18-15(19)21/h1-4,9-11,16H,5-8H2,(H,17,20)(H,18,21)/t9-,10+,11?. The highest BCUT2D eigenvalue weighted by Gasteiger charge is 2.34. The zero-order chi connectivity index (χ0) is 14.4. The number of fused-ring (bicyclic) bond motifs is 3. The van der Waals surface area contributed by atoms with Crippen molar-refractivity contribution in [3.05, 3.63) is 34.7 Å². The second-order valence-corrected chi connectivity index (χ2v) is 6.04.